The van der Waals surface area contributed by atoms with Crippen molar-refractivity contribution in [1.29, 1.82) is 0 Å². The average molecular weight is 521 g/mol. The molecule has 37 heavy (non-hydrogen) atoms. The summed E-state index contributed by atoms with van der Waals surface area (Å²) in [6, 6.07) is 19.7. The molecule has 0 radical (unpaired) electrons. The van der Waals surface area contributed by atoms with Crippen LogP contribution in [0, 0.1) is 5.92 Å². The maximum atomic E-state index is 13.7. The molecule has 0 N–H and O–H groups in total. The first-order valence-corrected chi connectivity index (χ1v) is 13.4. The summed E-state index contributed by atoms with van der Waals surface area (Å²) in [4.78, 5) is 17.8. The highest BCUT2D eigenvalue weighted by Gasteiger charge is 2.36. The molecule has 4 rings (SSSR count). The van der Waals surface area contributed by atoms with Gasteiger partial charge in [-0.3, -0.25) is 4.79 Å². The molecule has 0 fully saturated rings. The molecule has 1 aliphatic heterocycles. The van der Waals surface area contributed by atoms with E-state index in [1.54, 1.807) is 7.11 Å². The van der Waals surface area contributed by atoms with Crippen molar-refractivity contribution in [3.05, 3.63) is 82.4 Å². The molecule has 0 saturated heterocycles. The Morgan fingerprint density at radius 1 is 1.03 bits per heavy atom. The molecule has 1 amide bonds. The van der Waals surface area contributed by atoms with Crippen molar-refractivity contribution in [3.8, 4) is 11.5 Å². The lowest BCUT2D eigenvalue weighted by atomic mass is 9.86. The lowest BCUT2D eigenvalue weighted by Gasteiger charge is -2.38. The Kier molecular flexibility index (Phi) is 8.33. The maximum absolute atomic E-state index is 13.7. The van der Waals surface area contributed by atoms with Gasteiger partial charge in [-0.1, -0.05) is 44.5 Å². The lowest BCUT2D eigenvalue weighted by molar-refractivity contribution is -0.118. The predicted molar refractivity (Wildman–Crippen MR) is 152 cm³/mol. The fourth-order valence-corrected chi connectivity index (χ4v) is 5.02. The molecule has 6 heteroatoms. The lowest BCUT2D eigenvalue weighted by Crippen LogP contribution is -2.41. The minimum Gasteiger partial charge on any atom is -0.493 e. The summed E-state index contributed by atoms with van der Waals surface area (Å²) in [5.41, 5.74) is 4.95. The van der Waals surface area contributed by atoms with E-state index in [0.717, 1.165) is 41.0 Å². The van der Waals surface area contributed by atoms with E-state index >= 15 is 0 Å². The highest BCUT2D eigenvalue weighted by atomic mass is 35.5. The fourth-order valence-electron chi connectivity index (χ4n) is 4.90. The van der Waals surface area contributed by atoms with Gasteiger partial charge in [0.25, 0.3) is 0 Å². The first kappa shape index (κ1) is 26.9. The first-order valence-electron chi connectivity index (χ1n) is 13.0. The van der Waals surface area contributed by atoms with Gasteiger partial charge in [0.15, 0.2) is 11.5 Å². The van der Waals surface area contributed by atoms with Crippen molar-refractivity contribution in [1.82, 2.24) is 0 Å². The molecule has 1 aliphatic rings. The summed E-state index contributed by atoms with van der Waals surface area (Å²) in [5.74, 6) is 1.93. The third-order valence-electron chi connectivity index (χ3n) is 6.89. The Balaban J connectivity index is 1.82. The van der Waals surface area contributed by atoms with Crippen LogP contribution in [0.2, 0.25) is 5.02 Å². The van der Waals surface area contributed by atoms with Crippen LogP contribution in [-0.2, 0) is 11.2 Å². The molecule has 3 aromatic carbocycles. The fraction of sp³-hybridized carbons (Fsp3) is 0.387. The quantitative estimate of drug-likeness (QED) is 0.297. The van der Waals surface area contributed by atoms with Gasteiger partial charge in [-0.05, 0) is 84.5 Å². The minimum atomic E-state index is -0.321. The van der Waals surface area contributed by atoms with Crippen molar-refractivity contribution in [2.75, 3.05) is 30.5 Å². The number of hydrogen-bond donors (Lipinski definition) is 0. The average Bonchev–Trinajstić information content (AvgIpc) is 2.88. The summed E-state index contributed by atoms with van der Waals surface area (Å²) < 4.78 is 11.9. The number of fused-ring (bicyclic) bond motifs is 1. The maximum Gasteiger partial charge on any atom is 0.232 e. The van der Waals surface area contributed by atoms with Crippen molar-refractivity contribution < 1.29 is 14.3 Å². The number of carbonyl (C=O) groups is 1. The van der Waals surface area contributed by atoms with E-state index in [4.69, 9.17) is 21.1 Å². The summed E-state index contributed by atoms with van der Waals surface area (Å²) in [7, 11) is 3.73. The molecule has 3 aromatic rings. The number of methoxy groups -OCH3 is 1. The van der Waals surface area contributed by atoms with Crippen molar-refractivity contribution in [2.45, 2.75) is 52.7 Å². The van der Waals surface area contributed by atoms with E-state index < -0.39 is 0 Å². The van der Waals surface area contributed by atoms with Crippen LogP contribution in [0.5, 0.6) is 11.5 Å². The van der Waals surface area contributed by atoms with Crippen molar-refractivity contribution in [3.63, 3.8) is 0 Å². The van der Waals surface area contributed by atoms with Crippen LogP contribution in [0.1, 0.15) is 56.8 Å². The zero-order valence-corrected chi connectivity index (χ0v) is 23.4. The molecule has 2 unspecified atom stereocenters. The summed E-state index contributed by atoms with van der Waals surface area (Å²) in [6.45, 7) is 9.51. The van der Waals surface area contributed by atoms with Crippen LogP contribution in [0.15, 0.2) is 60.7 Å². The van der Waals surface area contributed by atoms with Crippen molar-refractivity contribution >= 4 is 28.9 Å². The van der Waals surface area contributed by atoms with Crippen LogP contribution >= 0.6 is 11.6 Å². The molecule has 1 heterocycles. The number of rotatable bonds is 9. The van der Waals surface area contributed by atoms with Crippen LogP contribution in [0.3, 0.4) is 0 Å². The largest absolute Gasteiger partial charge is 0.493 e. The van der Waals surface area contributed by atoms with Gasteiger partial charge in [-0.25, -0.2) is 0 Å². The van der Waals surface area contributed by atoms with Gasteiger partial charge in [0, 0.05) is 30.0 Å². The second kappa shape index (κ2) is 11.5. The topological polar surface area (TPSA) is 42.0 Å². The Morgan fingerprint density at radius 3 is 2.30 bits per heavy atom. The van der Waals surface area contributed by atoms with Crippen LogP contribution in [-0.4, -0.2) is 32.7 Å². The first-order chi connectivity index (χ1) is 17.7. The Labute approximate surface area is 225 Å². The molecule has 0 aromatic heterocycles. The molecular weight excluding hydrogens is 484 g/mol. The van der Waals surface area contributed by atoms with Gasteiger partial charge in [0.2, 0.25) is 5.91 Å². The third-order valence-corrected chi connectivity index (χ3v) is 7.14. The third kappa shape index (κ3) is 5.88. The molecule has 0 spiro atoms. The summed E-state index contributed by atoms with van der Waals surface area (Å²) in [5, 5.41) is 0.658. The Bertz CT molecular complexity index is 1220. The van der Waals surface area contributed by atoms with E-state index in [1.807, 2.05) is 60.4 Å². The SMILES string of the molecule is CCC(C)Oc1cc2c(cc1OC)CC(=O)N(c1ccc(N(C)CC(C)C)cc1)C2c1ccc(Cl)cc1. The number of hydrogen-bond acceptors (Lipinski definition) is 4. The molecule has 0 aliphatic carbocycles. The zero-order chi connectivity index (χ0) is 26.7. The van der Waals surface area contributed by atoms with Crippen LogP contribution < -0.4 is 19.3 Å². The molecule has 5 nitrogen and oxygen atoms in total. The minimum absolute atomic E-state index is 0.0355. The monoisotopic (exact) mass is 520 g/mol. The highest BCUT2D eigenvalue weighted by molar-refractivity contribution is 6.30. The molecule has 0 saturated carbocycles. The van der Waals surface area contributed by atoms with Crippen LogP contribution in [0.4, 0.5) is 11.4 Å². The Morgan fingerprint density at radius 2 is 1.70 bits per heavy atom. The second-order valence-electron chi connectivity index (χ2n) is 10.2. The highest BCUT2D eigenvalue weighted by Crippen LogP contribution is 2.44. The number of benzene rings is 3. The molecule has 0 bridgehead atoms. The molecule has 2 atom stereocenters. The number of halogens is 1. The van der Waals surface area contributed by atoms with Gasteiger partial charge < -0.3 is 19.3 Å². The van der Waals surface area contributed by atoms with Gasteiger partial charge in [0.1, 0.15) is 0 Å². The van der Waals surface area contributed by atoms with E-state index in [0.29, 0.717) is 22.4 Å². The van der Waals surface area contributed by atoms with E-state index in [9.17, 15) is 4.79 Å². The normalized spacial score (nSPS) is 15.9. The molecular formula is C31H37ClN2O3. The Hall–Kier alpha value is -3.18. The van der Waals surface area contributed by atoms with E-state index in [-0.39, 0.29) is 24.5 Å². The summed E-state index contributed by atoms with van der Waals surface area (Å²) >= 11 is 6.23. The van der Waals surface area contributed by atoms with Gasteiger partial charge in [-0.15, -0.1) is 0 Å². The number of nitrogens with zero attached hydrogens (tertiary/aromatic N) is 2. The van der Waals surface area contributed by atoms with Crippen LogP contribution in [0.25, 0.3) is 0 Å². The number of anilines is 2. The van der Waals surface area contributed by atoms with Gasteiger partial charge in [0.05, 0.1) is 25.7 Å². The van der Waals surface area contributed by atoms with Gasteiger partial charge >= 0.3 is 0 Å². The number of amides is 1. The van der Waals surface area contributed by atoms with Gasteiger partial charge in [-0.2, -0.15) is 0 Å². The number of ether oxygens (including phenoxy) is 2. The zero-order valence-electron chi connectivity index (χ0n) is 22.6. The smallest absolute Gasteiger partial charge is 0.232 e. The van der Waals surface area contributed by atoms with E-state index in [2.05, 4.69) is 44.9 Å². The molecule has 196 valence electrons. The summed E-state index contributed by atoms with van der Waals surface area (Å²) in [6.07, 6.45) is 1.20. The van der Waals surface area contributed by atoms with Crippen molar-refractivity contribution in [2.24, 2.45) is 5.92 Å². The standard InChI is InChI=1S/C31H37ClN2O3/c1-7-21(4)37-29-18-27-23(16-28(29)36-6)17-30(35)34(31(27)22-8-10-24(32)11-9-22)26-14-12-25(13-15-26)33(5)19-20(2)3/h8-16,18,20-21,31H,7,17,19H2,1-6H3. The number of carbonyl (C=O) groups excluding carboxylic acids is 1. The predicted octanol–water partition coefficient (Wildman–Crippen LogP) is 7.30. The second-order valence-corrected chi connectivity index (χ2v) is 10.7. The van der Waals surface area contributed by atoms with E-state index in [1.165, 1.54) is 0 Å².